The Balaban J connectivity index is 0.00000380. The average Bonchev–Trinajstić information content (AvgIpc) is 2.96. The molecule has 192 valence electrons. The SMILES string of the molecule is COc1cccc(CC/C=C/CCC[P+](c2ccccc2)(c2ccccc2)c2ccccc2)c1OC.[Br-]. The van der Waals surface area contributed by atoms with E-state index in [1.54, 1.807) is 14.2 Å². The second kappa shape index (κ2) is 14.8. The molecule has 4 aromatic rings. The number of hydrogen-bond donors (Lipinski definition) is 0. The molecule has 0 saturated carbocycles. The van der Waals surface area contributed by atoms with E-state index in [0.29, 0.717) is 0 Å². The zero-order valence-electron chi connectivity index (χ0n) is 21.7. The van der Waals surface area contributed by atoms with Crippen molar-refractivity contribution in [2.45, 2.75) is 25.7 Å². The number of benzene rings is 4. The van der Waals surface area contributed by atoms with Crippen LogP contribution >= 0.6 is 7.26 Å². The molecular weight excluding hydrogens is 539 g/mol. The van der Waals surface area contributed by atoms with Crippen LogP contribution in [0.4, 0.5) is 0 Å². The molecule has 2 nitrogen and oxygen atoms in total. The number of methoxy groups -OCH3 is 2. The van der Waals surface area contributed by atoms with Crippen molar-refractivity contribution in [1.29, 1.82) is 0 Å². The van der Waals surface area contributed by atoms with Gasteiger partial charge in [-0.1, -0.05) is 78.9 Å². The number of halogens is 1. The summed E-state index contributed by atoms with van der Waals surface area (Å²) in [6.45, 7) is 0. The van der Waals surface area contributed by atoms with Crippen molar-refractivity contribution in [2.75, 3.05) is 20.4 Å². The number of aryl methyl sites for hydroxylation is 1. The molecule has 0 aliphatic rings. The molecule has 0 aliphatic heterocycles. The van der Waals surface area contributed by atoms with Gasteiger partial charge in [0, 0.05) is 0 Å². The van der Waals surface area contributed by atoms with Crippen LogP contribution in [0.1, 0.15) is 24.8 Å². The highest BCUT2D eigenvalue weighted by Gasteiger charge is 2.44. The van der Waals surface area contributed by atoms with Crippen molar-refractivity contribution in [3.63, 3.8) is 0 Å². The monoisotopic (exact) mass is 574 g/mol. The van der Waals surface area contributed by atoms with E-state index in [1.165, 1.54) is 21.5 Å². The molecule has 0 heterocycles. The van der Waals surface area contributed by atoms with E-state index in [0.717, 1.165) is 43.3 Å². The van der Waals surface area contributed by atoms with Gasteiger partial charge in [0.1, 0.15) is 23.2 Å². The fourth-order valence-corrected chi connectivity index (χ4v) is 9.32. The Labute approximate surface area is 233 Å². The standard InChI is InChI=1S/C33H36O2P.BrH/c1-34-32-26-17-19-28(33(32)35-2)18-9-4-3-5-16-27-36(29-20-10-6-11-21-29,30-22-12-7-13-23-30)31-24-14-8-15-25-31;/h3-4,6-8,10-15,17,19-26H,5,9,16,18,27H2,1-2H3;1H/q+1;/p-1/b4-3+;. The molecule has 4 rings (SSSR count). The second-order valence-corrected chi connectivity index (χ2v) is 12.5. The average molecular weight is 576 g/mol. The van der Waals surface area contributed by atoms with Gasteiger partial charge in [-0.15, -0.1) is 0 Å². The Kier molecular flexibility index (Phi) is 11.5. The van der Waals surface area contributed by atoms with Crippen molar-refractivity contribution in [2.24, 2.45) is 0 Å². The maximum atomic E-state index is 5.58. The fraction of sp³-hybridized carbons (Fsp3) is 0.212. The Morgan fingerprint density at radius 2 is 1.11 bits per heavy atom. The Morgan fingerprint density at radius 1 is 0.595 bits per heavy atom. The molecule has 0 atom stereocenters. The van der Waals surface area contributed by atoms with E-state index in [2.05, 4.69) is 109 Å². The van der Waals surface area contributed by atoms with Gasteiger partial charge < -0.3 is 26.5 Å². The molecule has 4 aromatic carbocycles. The summed E-state index contributed by atoms with van der Waals surface area (Å²) in [6.07, 6.45) is 9.95. The molecule has 0 spiro atoms. The van der Waals surface area contributed by atoms with Gasteiger partial charge in [-0.3, -0.25) is 0 Å². The third-order valence-corrected chi connectivity index (χ3v) is 11.2. The summed E-state index contributed by atoms with van der Waals surface area (Å²) in [5.41, 5.74) is 1.18. The molecule has 0 unspecified atom stereocenters. The van der Waals surface area contributed by atoms with Crippen LogP contribution in [-0.2, 0) is 6.42 Å². The molecule has 0 radical (unpaired) electrons. The van der Waals surface area contributed by atoms with Crippen LogP contribution in [0, 0.1) is 0 Å². The molecule has 4 heteroatoms. The predicted molar refractivity (Wildman–Crippen MR) is 156 cm³/mol. The molecular formula is C33H36BrO2P. The minimum atomic E-state index is -1.74. The number of rotatable bonds is 12. The van der Waals surface area contributed by atoms with E-state index in [9.17, 15) is 0 Å². The highest BCUT2D eigenvalue weighted by molar-refractivity contribution is 7.95. The minimum Gasteiger partial charge on any atom is -1.00 e. The summed E-state index contributed by atoms with van der Waals surface area (Å²) in [7, 11) is 1.65. The van der Waals surface area contributed by atoms with Gasteiger partial charge in [-0.25, -0.2) is 0 Å². The first-order chi connectivity index (χ1) is 17.8. The molecule has 0 amide bonds. The van der Waals surface area contributed by atoms with Gasteiger partial charge in [0.25, 0.3) is 0 Å². The van der Waals surface area contributed by atoms with Crippen molar-refractivity contribution in [3.8, 4) is 11.5 Å². The Hall–Kier alpha value is -2.87. The van der Waals surface area contributed by atoms with Crippen molar-refractivity contribution in [1.82, 2.24) is 0 Å². The first-order valence-corrected chi connectivity index (χ1v) is 14.7. The summed E-state index contributed by atoms with van der Waals surface area (Å²) in [4.78, 5) is 0. The van der Waals surface area contributed by atoms with Gasteiger partial charge in [-0.2, -0.15) is 0 Å². The lowest BCUT2D eigenvalue weighted by atomic mass is 10.1. The van der Waals surface area contributed by atoms with Crippen LogP contribution in [0.3, 0.4) is 0 Å². The molecule has 0 fully saturated rings. The highest BCUT2D eigenvalue weighted by Crippen LogP contribution is 2.55. The molecule has 0 bridgehead atoms. The number of hydrogen-bond acceptors (Lipinski definition) is 2. The second-order valence-electron chi connectivity index (χ2n) is 8.84. The number of unbranched alkanes of at least 4 members (excludes halogenated alkanes) is 1. The maximum Gasteiger partial charge on any atom is 0.163 e. The van der Waals surface area contributed by atoms with E-state index < -0.39 is 7.26 Å². The number of para-hydroxylation sites is 1. The van der Waals surface area contributed by atoms with Crippen LogP contribution in [0.5, 0.6) is 11.5 Å². The van der Waals surface area contributed by atoms with E-state index in [1.807, 2.05) is 12.1 Å². The summed E-state index contributed by atoms with van der Waals surface area (Å²) < 4.78 is 11.0. The van der Waals surface area contributed by atoms with Crippen LogP contribution in [-0.4, -0.2) is 20.4 Å². The first-order valence-electron chi connectivity index (χ1n) is 12.7. The normalized spacial score (nSPS) is 11.2. The van der Waals surface area contributed by atoms with Crippen molar-refractivity contribution < 1.29 is 26.5 Å². The summed E-state index contributed by atoms with van der Waals surface area (Å²) in [5.74, 6) is 1.64. The zero-order valence-corrected chi connectivity index (χ0v) is 24.2. The summed E-state index contributed by atoms with van der Waals surface area (Å²) in [5, 5.41) is 4.37. The minimum absolute atomic E-state index is 0. The van der Waals surface area contributed by atoms with Crippen molar-refractivity contribution in [3.05, 3.63) is 127 Å². The largest absolute Gasteiger partial charge is 1.00 e. The Morgan fingerprint density at radius 3 is 1.59 bits per heavy atom. The highest BCUT2D eigenvalue weighted by atomic mass is 79.9. The Bertz CT molecular complexity index is 1130. The number of ether oxygens (including phenoxy) is 2. The lowest BCUT2D eigenvalue weighted by Crippen LogP contribution is -3.00. The molecule has 0 aliphatic carbocycles. The fourth-order valence-electron chi connectivity index (χ4n) is 4.95. The van der Waals surface area contributed by atoms with Gasteiger partial charge in [0.15, 0.2) is 11.5 Å². The quantitative estimate of drug-likeness (QED) is 0.145. The topological polar surface area (TPSA) is 18.5 Å². The van der Waals surface area contributed by atoms with Crippen molar-refractivity contribution >= 4 is 23.2 Å². The number of allylic oxidation sites excluding steroid dienone is 2. The van der Waals surface area contributed by atoms with E-state index >= 15 is 0 Å². The lowest BCUT2D eigenvalue weighted by Gasteiger charge is -2.27. The lowest BCUT2D eigenvalue weighted by molar-refractivity contribution is -0.00000760. The zero-order chi connectivity index (χ0) is 25.1. The van der Waals surface area contributed by atoms with Gasteiger partial charge >= 0.3 is 0 Å². The molecule has 0 saturated heterocycles. The predicted octanol–water partition coefficient (Wildman–Crippen LogP) is 3.97. The van der Waals surface area contributed by atoms with Gasteiger partial charge in [-0.05, 0) is 73.7 Å². The van der Waals surface area contributed by atoms with Gasteiger partial charge in [0.2, 0.25) is 0 Å². The maximum absolute atomic E-state index is 5.58. The van der Waals surface area contributed by atoms with Crippen LogP contribution in [0.25, 0.3) is 0 Å². The van der Waals surface area contributed by atoms with E-state index in [-0.39, 0.29) is 17.0 Å². The molecule has 0 N–H and O–H groups in total. The molecule has 37 heavy (non-hydrogen) atoms. The van der Waals surface area contributed by atoms with Crippen LogP contribution < -0.4 is 42.4 Å². The van der Waals surface area contributed by atoms with Crippen LogP contribution in [0.15, 0.2) is 121 Å². The van der Waals surface area contributed by atoms with E-state index in [4.69, 9.17) is 9.47 Å². The third kappa shape index (κ3) is 6.92. The summed E-state index contributed by atoms with van der Waals surface area (Å²) in [6, 6.07) is 39.5. The molecule has 0 aromatic heterocycles. The van der Waals surface area contributed by atoms with Gasteiger partial charge in [0.05, 0.1) is 20.4 Å². The first kappa shape index (κ1) is 28.7. The smallest absolute Gasteiger partial charge is 0.163 e. The summed E-state index contributed by atoms with van der Waals surface area (Å²) >= 11 is 0. The van der Waals surface area contributed by atoms with Crippen LogP contribution in [0.2, 0.25) is 0 Å². The third-order valence-electron chi connectivity index (χ3n) is 6.69.